The third kappa shape index (κ3) is 11.5. The summed E-state index contributed by atoms with van der Waals surface area (Å²) in [5.41, 5.74) is 0. The Hall–Kier alpha value is -0.0400. The molecule has 0 spiro atoms. The molecule has 1 heteroatoms. The maximum Gasteiger partial charge on any atom is -0.0471 e. The van der Waals surface area contributed by atoms with Gasteiger partial charge in [0.25, 0.3) is 0 Å². The van der Waals surface area contributed by atoms with Crippen molar-refractivity contribution in [1.82, 2.24) is 0 Å². The van der Waals surface area contributed by atoms with Gasteiger partial charge in [-0.2, -0.15) is 0 Å². The van der Waals surface area contributed by atoms with Crippen molar-refractivity contribution < 1.29 is 5.48 Å². The van der Waals surface area contributed by atoms with E-state index < -0.39 is 0 Å². The summed E-state index contributed by atoms with van der Waals surface area (Å²) in [7, 11) is 0. The van der Waals surface area contributed by atoms with Gasteiger partial charge < -0.3 is 5.48 Å². The Morgan fingerprint density at radius 3 is 1.11 bits per heavy atom. The van der Waals surface area contributed by atoms with Gasteiger partial charge in [0.15, 0.2) is 0 Å². The lowest BCUT2D eigenvalue weighted by Gasteiger charge is -2.05. The monoisotopic (exact) mass is 132 g/mol. The van der Waals surface area contributed by atoms with Crippen LogP contribution in [0.2, 0.25) is 0 Å². The SMILES string of the molecule is CC(C)CCC(C)C.O. The normalized spacial score (nSPS) is 10.0. The standard InChI is InChI=1S/C8H18.H2O/c1-7(2)5-6-8(3)4;/h7-8H,5-6H2,1-4H3;1H2. The molecule has 9 heavy (non-hydrogen) atoms. The van der Waals surface area contributed by atoms with Gasteiger partial charge in [-0.15, -0.1) is 0 Å². The number of hydrogen-bond acceptors (Lipinski definition) is 0. The van der Waals surface area contributed by atoms with Gasteiger partial charge in [0, 0.05) is 0 Å². The number of rotatable bonds is 3. The van der Waals surface area contributed by atoms with Crippen molar-refractivity contribution in [2.45, 2.75) is 40.5 Å². The van der Waals surface area contributed by atoms with Gasteiger partial charge in [0.1, 0.15) is 0 Å². The van der Waals surface area contributed by atoms with E-state index in [1.807, 2.05) is 0 Å². The van der Waals surface area contributed by atoms with Crippen LogP contribution in [0.4, 0.5) is 0 Å². The maximum atomic E-state index is 2.28. The molecule has 0 amide bonds. The second kappa shape index (κ2) is 6.09. The molecule has 0 aliphatic rings. The Morgan fingerprint density at radius 2 is 1.00 bits per heavy atom. The first-order chi connectivity index (χ1) is 3.63. The molecule has 1 nitrogen and oxygen atoms in total. The molecule has 0 bridgehead atoms. The highest BCUT2D eigenvalue weighted by atomic mass is 16.0. The van der Waals surface area contributed by atoms with Gasteiger partial charge in [-0.25, -0.2) is 0 Å². The van der Waals surface area contributed by atoms with E-state index >= 15 is 0 Å². The second-order valence-electron chi connectivity index (χ2n) is 3.37. The van der Waals surface area contributed by atoms with Crippen LogP contribution in [0.25, 0.3) is 0 Å². The van der Waals surface area contributed by atoms with Crippen molar-refractivity contribution in [3.8, 4) is 0 Å². The summed E-state index contributed by atoms with van der Waals surface area (Å²) in [5.74, 6) is 1.77. The van der Waals surface area contributed by atoms with Crippen LogP contribution in [0.15, 0.2) is 0 Å². The smallest absolute Gasteiger partial charge is 0.0471 e. The third-order valence-electron chi connectivity index (χ3n) is 1.32. The summed E-state index contributed by atoms with van der Waals surface area (Å²) in [5, 5.41) is 0. The van der Waals surface area contributed by atoms with Crippen LogP contribution in [0, 0.1) is 11.8 Å². The lowest BCUT2D eigenvalue weighted by atomic mass is 10.0. The first kappa shape index (κ1) is 11.7. The molecular weight excluding hydrogens is 112 g/mol. The summed E-state index contributed by atoms with van der Waals surface area (Å²) < 4.78 is 0. The Morgan fingerprint density at radius 1 is 0.778 bits per heavy atom. The molecule has 0 rings (SSSR count). The van der Waals surface area contributed by atoms with E-state index in [-0.39, 0.29) is 5.48 Å². The zero-order valence-corrected chi connectivity index (χ0v) is 7.07. The molecule has 0 atom stereocenters. The van der Waals surface area contributed by atoms with Crippen molar-refractivity contribution in [1.29, 1.82) is 0 Å². The van der Waals surface area contributed by atoms with Crippen molar-refractivity contribution >= 4 is 0 Å². The van der Waals surface area contributed by atoms with E-state index in [0.29, 0.717) is 0 Å². The lowest BCUT2D eigenvalue weighted by molar-refractivity contribution is 0.476. The van der Waals surface area contributed by atoms with Crippen LogP contribution in [0.3, 0.4) is 0 Å². The van der Waals surface area contributed by atoms with Crippen molar-refractivity contribution in [2.75, 3.05) is 0 Å². The van der Waals surface area contributed by atoms with Crippen molar-refractivity contribution in [3.63, 3.8) is 0 Å². The Labute approximate surface area is 58.8 Å². The van der Waals surface area contributed by atoms with Crippen molar-refractivity contribution in [2.24, 2.45) is 11.8 Å². The lowest BCUT2D eigenvalue weighted by Crippen LogP contribution is -1.91. The molecule has 0 saturated heterocycles. The summed E-state index contributed by atoms with van der Waals surface area (Å²) in [6.07, 6.45) is 2.77. The van der Waals surface area contributed by atoms with Gasteiger partial charge >= 0.3 is 0 Å². The van der Waals surface area contributed by atoms with Crippen LogP contribution >= 0.6 is 0 Å². The quantitative estimate of drug-likeness (QED) is 0.564. The second-order valence-corrected chi connectivity index (χ2v) is 3.37. The minimum atomic E-state index is 0. The third-order valence-corrected chi connectivity index (χ3v) is 1.32. The predicted molar refractivity (Wildman–Crippen MR) is 42.5 cm³/mol. The van der Waals surface area contributed by atoms with Gasteiger partial charge in [0.05, 0.1) is 0 Å². The van der Waals surface area contributed by atoms with E-state index in [1.165, 1.54) is 12.8 Å². The Balaban J connectivity index is 0. The molecule has 0 aromatic rings. The van der Waals surface area contributed by atoms with Crippen LogP contribution in [0.1, 0.15) is 40.5 Å². The van der Waals surface area contributed by atoms with Crippen LogP contribution in [0.5, 0.6) is 0 Å². The topological polar surface area (TPSA) is 31.5 Å². The van der Waals surface area contributed by atoms with Gasteiger partial charge in [-0.3, -0.25) is 0 Å². The zero-order chi connectivity index (χ0) is 6.57. The average molecular weight is 132 g/mol. The Bertz CT molecular complexity index is 40.5. The fourth-order valence-electron chi connectivity index (χ4n) is 0.667. The molecule has 0 aliphatic heterocycles. The molecule has 0 radical (unpaired) electrons. The van der Waals surface area contributed by atoms with E-state index in [1.54, 1.807) is 0 Å². The molecule has 0 heterocycles. The first-order valence-electron chi connectivity index (χ1n) is 3.63. The largest absolute Gasteiger partial charge is 0.412 e. The molecule has 0 fully saturated rings. The zero-order valence-electron chi connectivity index (χ0n) is 7.07. The van der Waals surface area contributed by atoms with Crippen molar-refractivity contribution in [3.05, 3.63) is 0 Å². The molecule has 0 aromatic carbocycles. The Kier molecular flexibility index (Phi) is 7.92. The number of hydrogen-bond donors (Lipinski definition) is 0. The molecule has 0 aliphatic carbocycles. The van der Waals surface area contributed by atoms with E-state index in [9.17, 15) is 0 Å². The van der Waals surface area contributed by atoms with Gasteiger partial charge in [-0.1, -0.05) is 40.5 Å². The minimum absolute atomic E-state index is 0. The highest BCUT2D eigenvalue weighted by Gasteiger charge is 1.95. The first-order valence-corrected chi connectivity index (χ1v) is 3.63. The summed E-state index contributed by atoms with van der Waals surface area (Å²) in [6.45, 7) is 9.12. The molecule has 0 saturated carbocycles. The highest BCUT2D eigenvalue weighted by Crippen LogP contribution is 2.09. The highest BCUT2D eigenvalue weighted by molar-refractivity contribution is 4.48. The fourth-order valence-corrected chi connectivity index (χ4v) is 0.667. The average Bonchev–Trinajstić information content (AvgIpc) is 1.61. The predicted octanol–water partition coefficient (Wildman–Crippen LogP) is 2.25. The fraction of sp³-hybridized carbons (Fsp3) is 1.00. The van der Waals surface area contributed by atoms with Crippen LogP contribution < -0.4 is 0 Å². The molecule has 0 aromatic heterocycles. The van der Waals surface area contributed by atoms with E-state index in [2.05, 4.69) is 27.7 Å². The molecular formula is C8H20O. The summed E-state index contributed by atoms with van der Waals surface area (Å²) in [6, 6.07) is 0. The van der Waals surface area contributed by atoms with E-state index in [4.69, 9.17) is 0 Å². The summed E-state index contributed by atoms with van der Waals surface area (Å²) >= 11 is 0. The maximum absolute atomic E-state index is 2.28. The van der Waals surface area contributed by atoms with Gasteiger partial charge in [-0.05, 0) is 11.8 Å². The molecule has 2 N–H and O–H groups in total. The van der Waals surface area contributed by atoms with E-state index in [0.717, 1.165) is 11.8 Å². The molecule has 58 valence electrons. The van der Waals surface area contributed by atoms with Gasteiger partial charge in [0.2, 0.25) is 0 Å². The van der Waals surface area contributed by atoms with Crippen LogP contribution in [-0.2, 0) is 0 Å². The summed E-state index contributed by atoms with van der Waals surface area (Å²) in [4.78, 5) is 0. The molecule has 0 unspecified atom stereocenters. The van der Waals surface area contributed by atoms with Crippen LogP contribution in [-0.4, -0.2) is 5.48 Å². The minimum Gasteiger partial charge on any atom is -0.412 e.